The Balaban J connectivity index is 1.63. The van der Waals surface area contributed by atoms with E-state index in [1.54, 1.807) is 0 Å². The average Bonchev–Trinajstić information content (AvgIpc) is 2.74. The van der Waals surface area contributed by atoms with Crippen molar-refractivity contribution in [3.63, 3.8) is 0 Å². The van der Waals surface area contributed by atoms with Gasteiger partial charge in [0.25, 0.3) is 0 Å². The topological polar surface area (TPSA) is 81.7 Å². The summed E-state index contributed by atoms with van der Waals surface area (Å²) in [6, 6.07) is 8.94. The molecular weight excluding hydrogens is 262 g/mol. The summed E-state index contributed by atoms with van der Waals surface area (Å²) in [4.78, 5) is 33.4. The molecule has 1 heterocycles. The van der Waals surface area contributed by atoms with Gasteiger partial charge in [0, 0.05) is 0 Å². The Morgan fingerprint density at radius 3 is 2.65 bits per heavy atom. The van der Waals surface area contributed by atoms with Crippen molar-refractivity contribution in [1.29, 1.82) is 0 Å². The predicted octanol–water partition coefficient (Wildman–Crippen LogP) is 1.19. The van der Waals surface area contributed by atoms with Crippen molar-refractivity contribution in [2.45, 2.75) is 25.3 Å². The highest BCUT2D eigenvalue weighted by atomic mass is 16.6. The van der Waals surface area contributed by atoms with E-state index in [9.17, 15) is 14.4 Å². The van der Waals surface area contributed by atoms with Crippen molar-refractivity contribution in [2.24, 2.45) is 0 Å². The minimum atomic E-state index is -0.927. The Morgan fingerprint density at radius 2 is 2.00 bits per heavy atom. The van der Waals surface area contributed by atoms with Crippen LogP contribution in [0.25, 0.3) is 0 Å². The second-order valence-electron chi connectivity index (χ2n) is 4.42. The van der Waals surface area contributed by atoms with Crippen molar-refractivity contribution in [1.82, 2.24) is 5.32 Å². The van der Waals surface area contributed by atoms with Gasteiger partial charge in [-0.05, 0) is 18.4 Å². The van der Waals surface area contributed by atoms with E-state index in [2.05, 4.69) is 10.1 Å². The van der Waals surface area contributed by atoms with Crippen LogP contribution >= 0.6 is 0 Å². The van der Waals surface area contributed by atoms with Crippen LogP contribution in [0, 0.1) is 0 Å². The van der Waals surface area contributed by atoms with Gasteiger partial charge in [-0.15, -0.1) is 0 Å². The summed E-state index contributed by atoms with van der Waals surface area (Å²) in [5.74, 6) is -1.27. The number of amides is 1. The van der Waals surface area contributed by atoms with E-state index >= 15 is 0 Å². The second-order valence-corrected chi connectivity index (χ2v) is 4.42. The van der Waals surface area contributed by atoms with Gasteiger partial charge in [0.15, 0.2) is 0 Å². The number of hydrogen-bond donors (Lipinski definition) is 1. The van der Waals surface area contributed by atoms with Gasteiger partial charge in [0.05, 0.1) is 13.0 Å². The van der Waals surface area contributed by atoms with Crippen molar-refractivity contribution >= 4 is 18.0 Å². The lowest BCUT2D eigenvalue weighted by Gasteiger charge is -2.07. The van der Waals surface area contributed by atoms with E-state index in [4.69, 9.17) is 4.74 Å². The van der Waals surface area contributed by atoms with Crippen LogP contribution in [0.2, 0.25) is 0 Å². The van der Waals surface area contributed by atoms with Crippen LogP contribution in [0.3, 0.4) is 0 Å². The molecule has 1 amide bonds. The lowest BCUT2D eigenvalue weighted by molar-refractivity contribution is -0.147. The van der Waals surface area contributed by atoms with E-state index in [0.29, 0.717) is 6.42 Å². The molecule has 1 aromatic carbocycles. The molecule has 0 aliphatic carbocycles. The molecule has 0 saturated carbocycles. The van der Waals surface area contributed by atoms with Crippen molar-refractivity contribution in [2.75, 3.05) is 6.61 Å². The number of aryl methyl sites for hydroxylation is 1. The van der Waals surface area contributed by atoms with Crippen molar-refractivity contribution in [3.8, 4) is 0 Å². The molecule has 1 aliphatic heterocycles. The fourth-order valence-corrected chi connectivity index (χ4v) is 1.86. The van der Waals surface area contributed by atoms with Crippen LogP contribution in [0.15, 0.2) is 30.3 Å². The highest BCUT2D eigenvalue weighted by Gasteiger charge is 2.34. The Morgan fingerprint density at radius 1 is 1.25 bits per heavy atom. The maximum atomic E-state index is 11.5. The Labute approximate surface area is 116 Å². The van der Waals surface area contributed by atoms with E-state index in [0.717, 1.165) is 6.42 Å². The number of esters is 2. The molecule has 20 heavy (non-hydrogen) atoms. The Bertz CT molecular complexity index is 500. The molecule has 1 aromatic rings. The van der Waals surface area contributed by atoms with Crippen LogP contribution in [0.4, 0.5) is 4.79 Å². The van der Waals surface area contributed by atoms with Crippen LogP contribution in [0.1, 0.15) is 18.4 Å². The number of hydrogen-bond acceptors (Lipinski definition) is 5. The fourth-order valence-electron chi connectivity index (χ4n) is 1.86. The van der Waals surface area contributed by atoms with Gasteiger partial charge in [-0.3, -0.25) is 4.79 Å². The number of carbonyl (C=O) groups excluding carboxylic acids is 3. The molecule has 1 saturated heterocycles. The zero-order valence-corrected chi connectivity index (χ0v) is 10.8. The van der Waals surface area contributed by atoms with Gasteiger partial charge in [0.2, 0.25) is 0 Å². The standard InChI is InChI=1S/C14H15NO5/c16-12(9-11-13(17)20-14(18)15-11)19-8-4-7-10-5-2-1-3-6-10/h1-3,5-6,11H,4,7-9H2,(H,15,18)/t11-/m0/s1. The smallest absolute Gasteiger partial charge is 0.415 e. The normalized spacial score (nSPS) is 17.5. The Kier molecular flexibility index (Phi) is 4.70. The third kappa shape index (κ3) is 4.08. The molecule has 0 unspecified atom stereocenters. The first-order chi connectivity index (χ1) is 9.65. The molecule has 0 radical (unpaired) electrons. The lowest BCUT2D eigenvalue weighted by atomic mass is 10.1. The van der Waals surface area contributed by atoms with Gasteiger partial charge < -0.3 is 14.8 Å². The van der Waals surface area contributed by atoms with E-state index in [1.165, 1.54) is 5.56 Å². The summed E-state index contributed by atoms with van der Waals surface area (Å²) in [6.07, 6.45) is 0.501. The van der Waals surface area contributed by atoms with Crippen LogP contribution in [0.5, 0.6) is 0 Å². The monoisotopic (exact) mass is 277 g/mol. The number of cyclic esters (lactones) is 2. The predicted molar refractivity (Wildman–Crippen MR) is 68.8 cm³/mol. The molecule has 6 nitrogen and oxygen atoms in total. The second kappa shape index (κ2) is 6.70. The molecular formula is C14H15NO5. The molecule has 0 bridgehead atoms. The summed E-state index contributed by atoms with van der Waals surface area (Å²) in [5, 5.41) is 2.24. The first-order valence-electron chi connectivity index (χ1n) is 6.37. The number of benzene rings is 1. The van der Waals surface area contributed by atoms with E-state index in [1.807, 2.05) is 30.3 Å². The SMILES string of the molecule is O=C(C[C@@H]1NC(=O)OC1=O)OCCCc1ccccc1. The molecule has 2 rings (SSSR count). The molecule has 106 valence electrons. The number of alkyl carbamates (subject to hydrolysis) is 1. The molecule has 1 fully saturated rings. The summed E-state index contributed by atoms with van der Waals surface area (Å²) < 4.78 is 9.27. The molecule has 0 spiro atoms. The van der Waals surface area contributed by atoms with Gasteiger partial charge >= 0.3 is 18.0 Å². The zero-order valence-electron chi connectivity index (χ0n) is 10.8. The van der Waals surface area contributed by atoms with E-state index < -0.39 is 24.1 Å². The maximum absolute atomic E-state index is 11.5. The maximum Gasteiger partial charge on any atom is 0.415 e. The lowest BCUT2D eigenvalue weighted by Crippen LogP contribution is -2.31. The summed E-state index contributed by atoms with van der Waals surface area (Å²) in [7, 11) is 0. The number of rotatable bonds is 6. The van der Waals surface area contributed by atoms with Gasteiger partial charge in [-0.2, -0.15) is 0 Å². The highest BCUT2D eigenvalue weighted by Crippen LogP contribution is 2.06. The first kappa shape index (κ1) is 14.0. The number of nitrogens with one attached hydrogen (secondary N) is 1. The van der Waals surface area contributed by atoms with Gasteiger partial charge in [0.1, 0.15) is 6.04 Å². The first-order valence-corrected chi connectivity index (χ1v) is 6.37. The minimum Gasteiger partial charge on any atom is -0.466 e. The summed E-state index contributed by atoms with van der Waals surface area (Å²) >= 11 is 0. The van der Waals surface area contributed by atoms with Gasteiger partial charge in [-0.1, -0.05) is 30.3 Å². The highest BCUT2D eigenvalue weighted by molar-refractivity contribution is 5.97. The average molecular weight is 277 g/mol. The quantitative estimate of drug-likeness (QED) is 0.480. The van der Waals surface area contributed by atoms with Crippen LogP contribution in [-0.4, -0.2) is 30.7 Å². The third-order valence-corrected chi connectivity index (χ3v) is 2.86. The van der Waals surface area contributed by atoms with Crippen LogP contribution < -0.4 is 5.32 Å². The Hall–Kier alpha value is -2.37. The van der Waals surface area contributed by atoms with Crippen molar-refractivity contribution in [3.05, 3.63) is 35.9 Å². The third-order valence-electron chi connectivity index (χ3n) is 2.86. The molecule has 1 aliphatic rings. The molecule has 6 heteroatoms. The largest absolute Gasteiger partial charge is 0.466 e. The van der Waals surface area contributed by atoms with Gasteiger partial charge in [-0.25, -0.2) is 9.59 Å². The fraction of sp³-hybridized carbons (Fsp3) is 0.357. The van der Waals surface area contributed by atoms with Crippen molar-refractivity contribution < 1.29 is 23.9 Å². The minimum absolute atomic E-state index is 0.199. The number of ether oxygens (including phenoxy) is 2. The summed E-state index contributed by atoms with van der Waals surface area (Å²) in [6.45, 7) is 0.281. The molecule has 0 aromatic heterocycles. The van der Waals surface area contributed by atoms with E-state index in [-0.39, 0.29) is 13.0 Å². The molecule has 1 N–H and O–H groups in total. The zero-order chi connectivity index (χ0) is 14.4. The number of carbonyl (C=O) groups is 3. The molecule has 1 atom stereocenters. The summed E-state index contributed by atoms with van der Waals surface area (Å²) in [5.41, 5.74) is 1.18. The van der Waals surface area contributed by atoms with Crippen LogP contribution in [-0.2, 0) is 25.5 Å².